The monoisotopic (exact) mass is 1060 g/mol. The van der Waals surface area contributed by atoms with Gasteiger partial charge >= 0.3 is 11.9 Å². The van der Waals surface area contributed by atoms with Gasteiger partial charge in [-0.25, -0.2) is 0 Å². The lowest BCUT2D eigenvalue weighted by molar-refractivity contribution is -0.152. The summed E-state index contributed by atoms with van der Waals surface area (Å²) in [6, 6.07) is 0. The highest BCUT2D eigenvalue weighted by atomic mass is 32.2. The molecule has 0 saturated heterocycles. The lowest BCUT2D eigenvalue weighted by Crippen LogP contribution is -2.51. The highest BCUT2D eigenvalue weighted by molar-refractivity contribution is 8.05. The molecule has 0 bridgehead atoms. The average Bonchev–Trinajstić information content (AvgIpc) is 4.00. The molecule has 9 rings (SSSR count). The third kappa shape index (κ3) is 11.4. The minimum Gasteiger partial charge on any atom is -0.462 e. The summed E-state index contributed by atoms with van der Waals surface area (Å²) in [6.07, 6.45) is 33.7. The summed E-state index contributed by atoms with van der Waals surface area (Å²) in [5.74, 6) is 10.8. The first-order valence-corrected chi connectivity index (χ1v) is 33.6. The van der Waals surface area contributed by atoms with Crippen LogP contribution in [0.2, 0.25) is 0 Å². The van der Waals surface area contributed by atoms with E-state index in [1.165, 1.54) is 125 Å². The smallest absolute Gasteiger partial charge is 0.306 e. The van der Waals surface area contributed by atoms with Gasteiger partial charge in [0.05, 0.1) is 21.3 Å². The lowest BCUT2D eigenvalue weighted by atomic mass is 9.47. The van der Waals surface area contributed by atoms with E-state index >= 15 is 0 Å². The molecule has 0 aromatic carbocycles. The largest absolute Gasteiger partial charge is 0.462 e. The number of carbonyl (C=O) groups excluding carboxylic acids is 2. The third-order valence-corrected chi connectivity index (χ3v) is 27.8. The van der Waals surface area contributed by atoms with Crippen LogP contribution in [0.5, 0.6) is 0 Å². The Morgan fingerprint density at radius 2 is 0.986 bits per heavy atom. The fourth-order valence-electron chi connectivity index (χ4n) is 18.9. The van der Waals surface area contributed by atoms with Crippen molar-refractivity contribution < 1.29 is 19.1 Å². The summed E-state index contributed by atoms with van der Waals surface area (Å²) in [6.45, 7) is 25.1. The van der Waals surface area contributed by atoms with E-state index in [0.717, 1.165) is 118 Å². The van der Waals surface area contributed by atoms with Crippen LogP contribution in [0.3, 0.4) is 0 Å². The fourth-order valence-corrected chi connectivity index (χ4v) is 24.1. The number of rotatable bonds is 20. The molecule has 1 aromatic heterocycles. The van der Waals surface area contributed by atoms with Gasteiger partial charge in [0.25, 0.3) is 4.06 Å². The quantitative estimate of drug-likeness (QED) is 0.0732. The van der Waals surface area contributed by atoms with E-state index < -0.39 is 0 Å². The van der Waals surface area contributed by atoms with Crippen LogP contribution >= 0.6 is 46.2 Å². The summed E-state index contributed by atoms with van der Waals surface area (Å²) in [4.78, 5) is 39.3. The molecule has 5 nitrogen and oxygen atoms in total. The molecule has 9 heteroatoms. The SMILES string of the molecule is CC(C)CCC[C@@H](C)[C@H]1CC[C@H]2[C@@H]3CC=C4CC(OC(=O)CCSc5sc(=O)sc5SCCC(=O)OC5CC[C@@]6(C)C(=CC[C@H]7[C@@H]8CC[C@H]([C@H](C)CCCC(C)C)[C@@]8(C)CC[C@@H]76)C5)CC[C@]4(C)[C@H]3CC[C@]12C. The van der Waals surface area contributed by atoms with Crippen LogP contribution in [0.4, 0.5) is 0 Å². The van der Waals surface area contributed by atoms with Crippen molar-refractivity contribution in [3.8, 4) is 0 Å². The van der Waals surface area contributed by atoms with Crippen molar-refractivity contribution in [1.82, 2.24) is 0 Å². The molecular weight excluding hydrogens is 965 g/mol. The van der Waals surface area contributed by atoms with Crippen LogP contribution in [0.1, 0.15) is 223 Å². The van der Waals surface area contributed by atoms with Crippen LogP contribution in [-0.2, 0) is 19.1 Å². The van der Waals surface area contributed by atoms with Gasteiger partial charge in [-0.3, -0.25) is 14.4 Å². The maximum absolute atomic E-state index is 13.3. The molecule has 0 spiro atoms. The molecule has 8 aliphatic rings. The normalized spacial score (nSPS) is 38.9. The maximum Gasteiger partial charge on any atom is 0.306 e. The number of fused-ring (bicyclic) bond motifs is 10. The van der Waals surface area contributed by atoms with Gasteiger partial charge in [-0.1, -0.05) is 154 Å². The molecule has 72 heavy (non-hydrogen) atoms. The molecule has 1 aromatic rings. The number of hydrogen-bond acceptors (Lipinski definition) is 9. The van der Waals surface area contributed by atoms with Gasteiger partial charge in [-0.2, -0.15) is 0 Å². The van der Waals surface area contributed by atoms with Gasteiger partial charge in [0.2, 0.25) is 0 Å². The molecular formula is C63H98O5S4. The molecule has 0 radical (unpaired) electrons. The molecule has 0 aliphatic heterocycles. The van der Waals surface area contributed by atoms with Crippen molar-refractivity contribution in [2.24, 2.45) is 92.7 Å². The third-order valence-electron chi connectivity index (χ3n) is 22.7. The second kappa shape index (κ2) is 23.1. The molecule has 2 unspecified atom stereocenters. The summed E-state index contributed by atoms with van der Waals surface area (Å²) in [5.41, 5.74) is 4.61. The zero-order chi connectivity index (χ0) is 51.2. The van der Waals surface area contributed by atoms with Crippen molar-refractivity contribution in [2.75, 3.05) is 11.5 Å². The number of hydrogen-bond donors (Lipinski definition) is 0. The summed E-state index contributed by atoms with van der Waals surface area (Å²) in [7, 11) is 0. The first-order chi connectivity index (χ1) is 34.3. The van der Waals surface area contributed by atoms with E-state index in [-0.39, 0.29) is 39.0 Å². The Morgan fingerprint density at radius 1 is 0.569 bits per heavy atom. The van der Waals surface area contributed by atoms with E-state index in [1.807, 2.05) is 0 Å². The van der Waals surface area contributed by atoms with Crippen molar-refractivity contribution in [3.05, 3.63) is 32.1 Å². The van der Waals surface area contributed by atoms with Crippen molar-refractivity contribution in [2.45, 2.75) is 244 Å². The second-order valence-electron chi connectivity index (χ2n) is 27.5. The van der Waals surface area contributed by atoms with Crippen molar-refractivity contribution in [3.63, 3.8) is 0 Å². The molecule has 16 atom stereocenters. The number of carbonyl (C=O) groups is 2. The Labute approximate surface area is 454 Å². The number of thioether (sulfide) groups is 2. The number of allylic oxidation sites excluding steroid dienone is 2. The molecule has 6 saturated carbocycles. The van der Waals surface area contributed by atoms with E-state index in [2.05, 4.69) is 81.4 Å². The first-order valence-electron chi connectivity index (χ1n) is 30.0. The van der Waals surface area contributed by atoms with Gasteiger partial charge in [-0.05, 0) is 183 Å². The predicted octanol–water partition coefficient (Wildman–Crippen LogP) is 18.0. The number of ether oxygens (including phenoxy) is 2. The number of esters is 2. The standard InChI is InChI=1S/C63H98O5S4/c1-39(2)13-11-15-41(5)49-21-23-51-47-19-17-43-37-45(25-31-60(43,7)53(47)27-33-62(49,51)9)67-55(64)29-35-69-57-58(72-59(66)71-57)70-36-30-56(65)68-46-26-32-61(8)44(38-46)18-20-48-52-24-22-50(42(6)16-12-14-40(3)4)63(52,10)34-28-54(48)61/h17-18,39-42,45-54H,11-16,19-38H2,1-10H3/t41-,42-,45?,46?,47+,48+,49-,50-,51+,52+,53+,54+,60+,61+,62-,63-/m1/s1. The zero-order valence-electron chi connectivity index (χ0n) is 46.8. The van der Waals surface area contributed by atoms with Crippen molar-refractivity contribution >= 4 is 58.1 Å². The highest BCUT2D eigenvalue weighted by Gasteiger charge is 2.61. The molecule has 0 N–H and O–H groups in total. The molecule has 1 heterocycles. The highest BCUT2D eigenvalue weighted by Crippen LogP contribution is 2.69. The van der Waals surface area contributed by atoms with Crippen LogP contribution in [0, 0.1) is 92.7 Å². The van der Waals surface area contributed by atoms with Gasteiger partial charge in [0.15, 0.2) is 0 Å². The Hall–Kier alpha value is -1.03. The summed E-state index contributed by atoms with van der Waals surface area (Å²) in [5, 5.41) is 0. The topological polar surface area (TPSA) is 69.7 Å². The van der Waals surface area contributed by atoms with Crippen molar-refractivity contribution in [1.29, 1.82) is 0 Å². The van der Waals surface area contributed by atoms with Crippen LogP contribution in [0.25, 0.3) is 0 Å². The van der Waals surface area contributed by atoms with Crippen LogP contribution in [-0.4, -0.2) is 35.7 Å². The lowest BCUT2D eigenvalue weighted by Gasteiger charge is -2.58. The van der Waals surface area contributed by atoms with E-state index in [0.29, 0.717) is 35.2 Å². The maximum atomic E-state index is 13.3. The van der Waals surface area contributed by atoms with Gasteiger partial charge in [0.1, 0.15) is 12.2 Å². The Balaban J connectivity index is 0.693. The minimum atomic E-state index is -0.119. The Morgan fingerprint density at radius 3 is 1.39 bits per heavy atom. The van der Waals surface area contributed by atoms with Crippen LogP contribution < -0.4 is 4.06 Å². The second-order valence-corrected chi connectivity index (χ2v) is 32.5. The van der Waals surface area contributed by atoms with E-state index in [1.54, 1.807) is 34.7 Å². The fraction of sp³-hybridized carbons (Fsp3) is 0.857. The molecule has 6 fully saturated rings. The average molecular weight is 1060 g/mol. The Kier molecular flexibility index (Phi) is 17.9. The van der Waals surface area contributed by atoms with Gasteiger partial charge in [0, 0.05) is 24.3 Å². The molecule has 0 amide bonds. The molecule has 404 valence electrons. The summed E-state index contributed by atoms with van der Waals surface area (Å²) < 4.78 is 14.4. The zero-order valence-corrected chi connectivity index (χ0v) is 50.1. The van der Waals surface area contributed by atoms with Crippen LogP contribution in [0.15, 0.2) is 36.5 Å². The first kappa shape index (κ1) is 55.7. The molecule has 8 aliphatic carbocycles. The Bertz CT molecular complexity index is 2020. The minimum absolute atomic E-state index is 0.0329. The van der Waals surface area contributed by atoms with E-state index in [9.17, 15) is 14.4 Å². The van der Waals surface area contributed by atoms with Gasteiger partial charge in [-0.15, -0.1) is 23.5 Å². The predicted molar refractivity (Wildman–Crippen MR) is 305 cm³/mol. The van der Waals surface area contributed by atoms with Gasteiger partial charge < -0.3 is 9.47 Å². The van der Waals surface area contributed by atoms with E-state index in [4.69, 9.17) is 9.47 Å². The summed E-state index contributed by atoms with van der Waals surface area (Å²) >= 11 is 5.72.